The highest BCUT2D eigenvalue weighted by Crippen LogP contribution is 2.29. The number of rotatable bonds is 3. The van der Waals surface area contributed by atoms with Gasteiger partial charge in [-0.15, -0.1) is 0 Å². The van der Waals surface area contributed by atoms with Gasteiger partial charge < -0.3 is 10.2 Å². The van der Waals surface area contributed by atoms with Crippen molar-refractivity contribution in [3.63, 3.8) is 0 Å². The summed E-state index contributed by atoms with van der Waals surface area (Å²) in [6.07, 6.45) is 2.50. The molecule has 152 valence electrons. The van der Waals surface area contributed by atoms with Gasteiger partial charge in [0.25, 0.3) is 11.8 Å². The van der Waals surface area contributed by atoms with Gasteiger partial charge in [-0.25, -0.2) is 0 Å². The molecule has 0 radical (unpaired) electrons. The van der Waals surface area contributed by atoms with Gasteiger partial charge in [-0.3, -0.25) is 14.6 Å². The van der Waals surface area contributed by atoms with Crippen molar-refractivity contribution < 1.29 is 9.59 Å². The lowest BCUT2D eigenvalue weighted by Gasteiger charge is -2.17. The largest absolute Gasteiger partial charge is 0.322 e. The van der Waals surface area contributed by atoms with Gasteiger partial charge in [0.15, 0.2) is 0 Å². The molecule has 3 aromatic carbocycles. The van der Waals surface area contributed by atoms with Gasteiger partial charge in [-0.1, -0.05) is 35.9 Å². The Labute approximate surface area is 184 Å². The third-order valence-corrected chi connectivity index (χ3v) is 5.65. The molecule has 2 amide bonds. The summed E-state index contributed by atoms with van der Waals surface area (Å²) in [5.41, 5.74) is 4.30. The molecule has 1 aromatic heterocycles. The van der Waals surface area contributed by atoms with E-state index in [1.165, 1.54) is 5.56 Å². The van der Waals surface area contributed by atoms with Crippen LogP contribution in [0, 0.1) is 0 Å². The minimum absolute atomic E-state index is 0.0483. The average molecular weight is 428 g/mol. The number of hydrogen-bond donors (Lipinski definition) is 1. The van der Waals surface area contributed by atoms with Crippen LogP contribution in [-0.4, -0.2) is 23.3 Å². The molecule has 0 atom stereocenters. The van der Waals surface area contributed by atoms with Crippen molar-refractivity contribution in [1.29, 1.82) is 0 Å². The zero-order valence-electron chi connectivity index (χ0n) is 16.5. The highest BCUT2D eigenvalue weighted by atomic mass is 35.5. The SMILES string of the molecule is O=C(Nc1ccc(C(=O)N2CCc3ccccc32)cc1)c1cc(Cl)cc2cccnc12. The highest BCUT2D eigenvalue weighted by Gasteiger charge is 2.25. The fourth-order valence-corrected chi connectivity index (χ4v) is 4.16. The first-order valence-corrected chi connectivity index (χ1v) is 10.3. The number of fused-ring (bicyclic) bond motifs is 2. The Morgan fingerprint density at radius 1 is 0.968 bits per heavy atom. The maximum Gasteiger partial charge on any atom is 0.258 e. The molecular weight excluding hydrogens is 410 g/mol. The van der Waals surface area contributed by atoms with Crippen LogP contribution < -0.4 is 10.2 Å². The van der Waals surface area contributed by atoms with Crippen molar-refractivity contribution in [2.75, 3.05) is 16.8 Å². The number of benzene rings is 3. The van der Waals surface area contributed by atoms with E-state index in [4.69, 9.17) is 11.6 Å². The summed E-state index contributed by atoms with van der Waals surface area (Å²) < 4.78 is 0. The molecule has 5 rings (SSSR count). The molecule has 0 fully saturated rings. The smallest absolute Gasteiger partial charge is 0.258 e. The number of amides is 2. The number of para-hydroxylation sites is 1. The standard InChI is InChI=1S/C25H18ClN3O2/c26-19-14-18-5-3-12-27-23(18)21(15-19)24(30)28-20-9-7-17(8-10-20)25(31)29-13-11-16-4-1-2-6-22(16)29/h1-10,12,14-15H,11,13H2,(H,28,30). The van der Waals surface area contributed by atoms with E-state index in [0.717, 1.165) is 17.5 Å². The average Bonchev–Trinajstić information content (AvgIpc) is 3.22. The summed E-state index contributed by atoms with van der Waals surface area (Å²) in [6.45, 7) is 0.672. The number of nitrogens with zero attached hydrogens (tertiary/aromatic N) is 2. The van der Waals surface area contributed by atoms with Crippen molar-refractivity contribution in [2.24, 2.45) is 0 Å². The van der Waals surface area contributed by atoms with Crippen LogP contribution in [0.4, 0.5) is 11.4 Å². The summed E-state index contributed by atoms with van der Waals surface area (Å²) in [5.74, 6) is -0.355. The third-order valence-electron chi connectivity index (χ3n) is 5.44. The number of nitrogens with one attached hydrogen (secondary N) is 1. The normalized spacial score (nSPS) is 12.6. The van der Waals surface area contributed by atoms with Gasteiger partial charge in [-0.05, 0) is 60.5 Å². The summed E-state index contributed by atoms with van der Waals surface area (Å²) in [5, 5.41) is 4.13. The minimum Gasteiger partial charge on any atom is -0.322 e. The molecule has 1 aliphatic heterocycles. The molecule has 0 aliphatic carbocycles. The molecule has 2 heterocycles. The molecule has 0 bridgehead atoms. The summed E-state index contributed by atoms with van der Waals surface area (Å²) in [6, 6.07) is 21.9. The van der Waals surface area contributed by atoms with E-state index in [2.05, 4.69) is 16.4 Å². The highest BCUT2D eigenvalue weighted by molar-refractivity contribution is 6.32. The van der Waals surface area contributed by atoms with E-state index in [-0.39, 0.29) is 11.8 Å². The van der Waals surface area contributed by atoms with E-state index in [1.807, 2.05) is 24.3 Å². The van der Waals surface area contributed by atoms with Crippen LogP contribution in [0.3, 0.4) is 0 Å². The molecule has 1 N–H and O–H groups in total. The second kappa shape index (κ2) is 7.85. The molecule has 1 aliphatic rings. The lowest BCUT2D eigenvalue weighted by atomic mass is 10.1. The summed E-state index contributed by atoms with van der Waals surface area (Å²) >= 11 is 6.17. The first-order chi connectivity index (χ1) is 15.1. The van der Waals surface area contributed by atoms with Crippen molar-refractivity contribution in [1.82, 2.24) is 4.98 Å². The number of anilines is 2. The van der Waals surface area contributed by atoms with E-state index < -0.39 is 0 Å². The van der Waals surface area contributed by atoms with Gasteiger partial charge >= 0.3 is 0 Å². The molecule has 4 aromatic rings. The molecule has 5 nitrogen and oxygen atoms in total. The van der Waals surface area contributed by atoms with Crippen LogP contribution in [0.1, 0.15) is 26.3 Å². The summed E-state index contributed by atoms with van der Waals surface area (Å²) in [7, 11) is 0. The Hall–Kier alpha value is -3.70. The maximum absolute atomic E-state index is 13.0. The maximum atomic E-state index is 13.0. The van der Waals surface area contributed by atoms with E-state index >= 15 is 0 Å². The van der Waals surface area contributed by atoms with Crippen LogP contribution in [0.2, 0.25) is 5.02 Å². The first kappa shape index (κ1) is 19.3. The summed E-state index contributed by atoms with van der Waals surface area (Å²) in [4.78, 5) is 31.9. The van der Waals surface area contributed by atoms with Crippen LogP contribution in [-0.2, 0) is 6.42 Å². The van der Waals surface area contributed by atoms with Gasteiger partial charge in [0.05, 0.1) is 11.1 Å². The van der Waals surface area contributed by atoms with Crippen molar-refractivity contribution in [2.45, 2.75) is 6.42 Å². The molecule has 6 heteroatoms. The Balaban J connectivity index is 1.36. The second-order valence-electron chi connectivity index (χ2n) is 7.40. The number of halogens is 1. The molecule has 31 heavy (non-hydrogen) atoms. The van der Waals surface area contributed by atoms with Gasteiger partial charge in [0, 0.05) is 40.1 Å². The number of carbonyl (C=O) groups excluding carboxylic acids is 2. The monoisotopic (exact) mass is 427 g/mol. The molecule has 0 unspecified atom stereocenters. The Bertz CT molecular complexity index is 1320. The lowest BCUT2D eigenvalue weighted by molar-refractivity contribution is 0.0988. The zero-order valence-corrected chi connectivity index (χ0v) is 17.3. The first-order valence-electron chi connectivity index (χ1n) is 9.95. The molecule has 0 saturated carbocycles. The van der Waals surface area contributed by atoms with Crippen LogP contribution in [0.25, 0.3) is 10.9 Å². The lowest BCUT2D eigenvalue weighted by Crippen LogP contribution is -2.28. The zero-order chi connectivity index (χ0) is 21.4. The van der Waals surface area contributed by atoms with Crippen molar-refractivity contribution >= 4 is 45.7 Å². The van der Waals surface area contributed by atoms with Crippen LogP contribution in [0.15, 0.2) is 79.0 Å². The molecule has 0 spiro atoms. The van der Waals surface area contributed by atoms with Crippen molar-refractivity contribution in [3.8, 4) is 0 Å². The number of hydrogen-bond acceptors (Lipinski definition) is 3. The van der Waals surface area contributed by atoms with Crippen LogP contribution >= 0.6 is 11.6 Å². The van der Waals surface area contributed by atoms with Gasteiger partial charge in [0.2, 0.25) is 0 Å². The number of carbonyl (C=O) groups is 2. The Kier molecular flexibility index (Phi) is 4.88. The van der Waals surface area contributed by atoms with E-state index in [9.17, 15) is 9.59 Å². The predicted octanol–water partition coefficient (Wildman–Crippen LogP) is 5.34. The molecule has 0 saturated heterocycles. The fourth-order valence-electron chi connectivity index (χ4n) is 3.93. The Morgan fingerprint density at radius 2 is 1.77 bits per heavy atom. The third kappa shape index (κ3) is 3.64. The second-order valence-corrected chi connectivity index (χ2v) is 7.83. The number of aromatic nitrogens is 1. The van der Waals surface area contributed by atoms with E-state index in [0.29, 0.717) is 33.9 Å². The molecular formula is C25H18ClN3O2. The fraction of sp³-hybridized carbons (Fsp3) is 0.0800. The minimum atomic E-state index is -0.307. The van der Waals surface area contributed by atoms with Crippen molar-refractivity contribution in [3.05, 3.63) is 101 Å². The number of pyridine rings is 1. The van der Waals surface area contributed by atoms with Gasteiger partial charge in [-0.2, -0.15) is 0 Å². The van der Waals surface area contributed by atoms with E-state index in [1.54, 1.807) is 53.6 Å². The van der Waals surface area contributed by atoms with Gasteiger partial charge in [0.1, 0.15) is 0 Å². The van der Waals surface area contributed by atoms with Crippen LogP contribution in [0.5, 0.6) is 0 Å². The quantitative estimate of drug-likeness (QED) is 0.479. The topological polar surface area (TPSA) is 62.3 Å². The Morgan fingerprint density at radius 3 is 2.61 bits per heavy atom. The predicted molar refractivity (Wildman–Crippen MR) is 123 cm³/mol.